The summed E-state index contributed by atoms with van der Waals surface area (Å²) in [6.45, 7) is 0. The predicted octanol–water partition coefficient (Wildman–Crippen LogP) is -2.03. The monoisotopic (exact) mass is 145 g/mol. The SMILES string of the molecule is N[C@H]1[C@H](O)[C@@H](O)C=C[C@H]1O. The van der Waals surface area contributed by atoms with Gasteiger partial charge in [0.1, 0.15) is 6.10 Å². The maximum absolute atomic E-state index is 9.03. The Kier molecular flexibility index (Phi) is 2.05. The maximum atomic E-state index is 9.03. The fourth-order valence-corrected chi connectivity index (χ4v) is 0.900. The minimum atomic E-state index is -1.06. The van der Waals surface area contributed by atoms with Crippen molar-refractivity contribution in [2.45, 2.75) is 24.4 Å². The molecule has 4 nitrogen and oxygen atoms in total. The van der Waals surface area contributed by atoms with Crippen molar-refractivity contribution in [3.63, 3.8) is 0 Å². The summed E-state index contributed by atoms with van der Waals surface area (Å²) < 4.78 is 0. The molecule has 0 aliphatic heterocycles. The minimum absolute atomic E-state index is 0.778. The highest BCUT2D eigenvalue weighted by atomic mass is 16.3. The topological polar surface area (TPSA) is 86.7 Å². The molecule has 0 aromatic heterocycles. The van der Waals surface area contributed by atoms with Crippen molar-refractivity contribution in [3.8, 4) is 0 Å². The van der Waals surface area contributed by atoms with Gasteiger partial charge >= 0.3 is 0 Å². The summed E-state index contributed by atoms with van der Waals surface area (Å²) in [6, 6.07) is -0.778. The lowest BCUT2D eigenvalue weighted by Crippen LogP contribution is -2.51. The molecule has 1 aliphatic rings. The van der Waals surface area contributed by atoms with E-state index in [9.17, 15) is 0 Å². The molecule has 0 amide bonds. The summed E-state index contributed by atoms with van der Waals surface area (Å²) in [6.07, 6.45) is -0.141. The van der Waals surface area contributed by atoms with Crippen molar-refractivity contribution >= 4 is 0 Å². The van der Waals surface area contributed by atoms with Gasteiger partial charge in [0.15, 0.2) is 0 Å². The first-order chi connectivity index (χ1) is 4.63. The quantitative estimate of drug-likeness (QED) is 0.296. The first-order valence-corrected chi connectivity index (χ1v) is 3.11. The Bertz CT molecular complexity index is 132. The predicted molar refractivity (Wildman–Crippen MR) is 35.1 cm³/mol. The van der Waals surface area contributed by atoms with E-state index in [2.05, 4.69) is 0 Å². The summed E-state index contributed by atoms with van der Waals surface area (Å²) in [5.41, 5.74) is 5.30. The molecule has 58 valence electrons. The van der Waals surface area contributed by atoms with Crippen LogP contribution in [0.4, 0.5) is 0 Å². The van der Waals surface area contributed by atoms with E-state index in [-0.39, 0.29) is 0 Å². The molecule has 1 rings (SSSR count). The van der Waals surface area contributed by atoms with E-state index < -0.39 is 24.4 Å². The average Bonchev–Trinajstić information content (AvgIpc) is 1.93. The number of nitrogens with two attached hydrogens (primary N) is 1. The van der Waals surface area contributed by atoms with Gasteiger partial charge in [-0.1, -0.05) is 12.2 Å². The van der Waals surface area contributed by atoms with E-state index in [0.29, 0.717) is 0 Å². The second-order valence-electron chi connectivity index (χ2n) is 2.43. The summed E-state index contributed by atoms with van der Waals surface area (Å²) in [4.78, 5) is 0. The molecule has 0 aromatic rings. The highest BCUT2D eigenvalue weighted by Crippen LogP contribution is 2.10. The van der Waals surface area contributed by atoms with Crippen LogP contribution in [0.3, 0.4) is 0 Å². The zero-order chi connectivity index (χ0) is 7.72. The Morgan fingerprint density at radius 3 is 2.00 bits per heavy atom. The van der Waals surface area contributed by atoms with Gasteiger partial charge in [-0.3, -0.25) is 0 Å². The van der Waals surface area contributed by atoms with Crippen LogP contribution >= 0.6 is 0 Å². The van der Waals surface area contributed by atoms with E-state index in [1.54, 1.807) is 0 Å². The normalized spacial score (nSPS) is 47.6. The number of aliphatic hydroxyl groups excluding tert-OH is 3. The smallest absolute Gasteiger partial charge is 0.101 e. The van der Waals surface area contributed by atoms with Gasteiger partial charge in [-0.15, -0.1) is 0 Å². The second kappa shape index (κ2) is 2.67. The van der Waals surface area contributed by atoms with E-state index in [4.69, 9.17) is 21.1 Å². The Balaban J connectivity index is 2.69. The molecular formula is C6H11NO3. The third-order valence-electron chi connectivity index (χ3n) is 1.64. The van der Waals surface area contributed by atoms with Gasteiger partial charge in [-0.2, -0.15) is 0 Å². The van der Waals surface area contributed by atoms with Crippen LogP contribution < -0.4 is 5.73 Å². The molecule has 0 spiro atoms. The third kappa shape index (κ3) is 1.19. The molecule has 0 saturated heterocycles. The summed E-state index contributed by atoms with van der Waals surface area (Å²) in [5.74, 6) is 0. The molecule has 0 heterocycles. The van der Waals surface area contributed by atoms with Crippen LogP contribution in [-0.2, 0) is 0 Å². The molecule has 0 bridgehead atoms. The molecule has 0 saturated carbocycles. The molecule has 1 aliphatic carbocycles. The van der Waals surface area contributed by atoms with E-state index in [1.165, 1.54) is 12.2 Å². The Labute approximate surface area is 58.6 Å². The van der Waals surface area contributed by atoms with Gasteiger partial charge in [0, 0.05) is 0 Å². The lowest BCUT2D eigenvalue weighted by molar-refractivity contribution is -0.00627. The number of hydrogen-bond acceptors (Lipinski definition) is 4. The lowest BCUT2D eigenvalue weighted by atomic mass is 9.95. The van der Waals surface area contributed by atoms with Crippen LogP contribution in [0, 0.1) is 0 Å². The zero-order valence-electron chi connectivity index (χ0n) is 5.38. The van der Waals surface area contributed by atoms with Gasteiger partial charge < -0.3 is 21.1 Å². The van der Waals surface area contributed by atoms with Crippen molar-refractivity contribution in [1.82, 2.24) is 0 Å². The Morgan fingerprint density at radius 1 is 1.00 bits per heavy atom. The van der Waals surface area contributed by atoms with Crippen LogP contribution in [0.2, 0.25) is 0 Å². The largest absolute Gasteiger partial charge is 0.388 e. The van der Waals surface area contributed by atoms with Crippen molar-refractivity contribution in [1.29, 1.82) is 0 Å². The van der Waals surface area contributed by atoms with Gasteiger partial charge in [0.25, 0.3) is 0 Å². The van der Waals surface area contributed by atoms with Crippen LogP contribution in [0.5, 0.6) is 0 Å². The molecule has 0 radical (unpaired) electrons. The van der Waals surface area contributed by atoms with Crippen LogP contribution in [0.1, 0.15) is 0 Å². The number of rotatable bonds is 0. The summed E-state index contributed by atoms with van der Waals surface area (Å²) >= 11 is 0. The van der Waals surface area contributed by atoms with Gasteiger partial charge in [-0.05, 0) is 0 Å². The molecular weight excluding hydrogens is 134 g/mol. The second-order valence-corrected chi connectivity index (χ2v) is 2.43. The Hall–Kier alpha value is -0.420. The van der Waals surface area contributed by atoms with Gasteiger partial charge in [0.05, 0.1) is 18.2 Å². The zero-order valence-corrected chi connectivity index (χ0v) is 5.38. The first-order valence-electron chi connectivity index (χ1n) is 3.11. The van der Waals surface area contributed by atoms with E-state index in [1.807, 2.05) is 0 Å². The first kappa shape index (κ1) is 7.68. The molecule has 0 aromatic carbocycles. The standard InChI is InChI=1S/C6H11NO3/c7-5-3(8)1-2-4(9)6(5)10/h1-6,8-10H,7H2/t3-,4+,5-,6-/m1/s1. The van der Waals surface area contributed by atoms with Gasteiger partial charge in [0.2, 0.25) is 0 Å². The molecule has 4 heteroatoms. The minimum Gasteiger partial charge on any atom is -0.388 e. The average molecular weight is 145 g/mol. The molecule has 0 fully saturated rings. The molecule has 4 atom stereocenters. The van der Waals surface area contributed by atoms with Crippen LogP contribution in [0.25, 0.3) is 0 Å². The molecule has 10 heavy (non-hydrogen) atoms. The Morgan fingerprint density at radius 2 is 1.50 bits per heavy atom. The van der Waals surface area contributed by atoms with Crippen molar-refractivity contribution in [2.24, 2.45) is 5.73 Å². The fourth-order valence-electron chi connectivity index (χ4n) is 0.900. The maximum Gasteiger partial charge on any atom is 0.101 e. The van der Waals surface area contributed by atoms with Crippen molar-refractivity contribution in [2.75, 3.05) is 0 Å². The highest BCUT2D eigenvalue weighted by molar-refractivity contribution is 5.08. The number of hydrogen-bond donors (Lipinski definition) is 4. The van der Waals surface area contributed by atoms with E-state index in [0.717, 1.165) is 0 Å². The summed E-state index contributed by atoms with van der Waals surface area (Å²) in [7, 11) is 0. The highest BCUT2D eigenvalue weighted by Gasteiger charge is 2.29. The van der Waals surface area contributed by atoms with Gasteiger partial charge in [-0.25, -0.2) is 0 Å². The van der Waals surface area contributed by atoms with Crippen LogP contribution in [-0.4, -0.2) is 39.7 Å². The summed E-state index contributed by atoms with van der Waals surface area (Å²) in [5, 5.41) is 27.0. The molecule has 0 unspecified atom stereocenters. The molecule has 5 N–H and O–H groups in total. The number of aliphatic hydroxyl groups is 3. The van der Waals surface area contributed by atoms with Crippen molar-refractivity contribution in [3.05, 3.63) is 12.2 Å². The van der Waals surface area contributed by atoms with Crippen LogP contribution in [0.15, 0.2) is 12.2 Å². The van der Waals surface area contributed by atoms with Crippen molar-refractivity contribution < 1.29 is 15.3 Å². The third-order valence-corrected chi connectivity index (χ3v) is 1.64. The van der Waals surface area contributed by atoms with E-state index >= 15 is 0 Å². The lowest BCUT2D eigenvalue weighted by Gasteiger charge is -2.28. The fraction of sp³-hybridized carbons (Fsp3) is 0.667.